The van der Waals surface area contributed by atoms with Crippen LogP contribution in [0.1, 0.15) is 0 Å². The number of hydrogen-bond acceptors (Lipinski definition) is 5. The molecule has 0 aliphatic rings. The number of fused-ring (bicyclic) bond motifs is 2. The summed E-state index contributed by atoms with van der Waals surface area (Å²) >= 11 is 1.40. The lowest BCUT2D eigenvalue weighted by atomic mass is 10.4. The average molecular weight is 271 g/mol. The number of pyridine rings is 1. The van der Waals surface area contributed by atoms with Gasteiger partial charge in [0.2, 0.25) is 4.96 Å². The lowest BCUT2D eigenvalue weighted by Crippen LogP contribution is -1.84. The molecule has 0 radical (unpaired) electrons. The zero-order chi connectivity index (χ0) is 12.8. The lowest BCUT2D eigenvalue weighted by Gasteiger charge is -1.87. The second kappa shape index (κ2) is 3.79. The van der Waals surface area contributed by atoms with Gasteiger partial charge in [0.05, 0.1) is 13.3 Å². The first kappa shape index (κ1) is 10.5. The summed E-state index contributed by atoms with van der Waals surface area (Å²) in [5.74, 6) is 0. The van der Waals surface area contributed by atoms with E-state index in [4.69, 9.17) is 4.74 Å². The van der Waals surface area contributed by atoms with E-state index >= 15 is 0 Å². The third kappa shape index (κ3) is 1.59. The Labute approximate surface area is 111 Å². The average Bonchev–Trinajstić information content (AvgIpc) is 3.09. The minimum Gasteiger partial charge on any atom is -0.472 e. The van der Waals surface area contributed by atoms with Crippen LogP contribution >= 0.6 is 11.3 Å². The Morgan fingerprint density at radius 2 is 2.05 bits per heavy atom. The van der Waals surface area contributed by atoms with Crippen LogP contribution in [-0.4, -0.2) is 31.1 Å². The summed E-state index contributed by atoms with van der Waals surface area (Å²) < 4.78 is 8.76. The molecular formula is C12H9N5OS. The van der Waals surface area contributed by atoms with Crippen molar-refractivity contribution in [3.05, 3.63) is 36.8 Å². The molecule has 19 heavy (non-hydrogen) atoms. The SMILES string of the molecule is COc1nn2cc(-c3cn4ccccc4n3)nc2s1. The van der Waals surface area contributed by atoms with Crippen molar-refractivity contribution < 1.29 is 4.74 Å². The molecule has 0 aromatic carbocycles. The molecule has 4 aromatic rings. The number of nitrogens with zero attached hydrogens (tertiary/aromatic N) is 5. The van der Waals surface area contributed by atoms with Crippen LogP contribution in [0.4, 0.5) is 0 Å². The van der Waals surface area contributed by atoms with E-state index in [2.05, 4.69) is 15.1 Å². The molecule has 0 saturated heterocycles. The van der Waals surface area contributed by atoms with E-state index in [0.29, 0.717) is 5.19 Å². The minimum absolute atomic E-state index is 0.601. The largest absolute Gasteiger partial charge is 0.472 e. The van der Waals surface area contributed by atoms with E-state index in [1.165, 1.54) is 11.3 Å². The van der Waals surface area contributed by atoms with Crippen LogP contribution in [0, 0.1) is 0 Å². The van der Waals surface area contributed by atoms with Gasteiger partial charge in [0.15, 0.2) is 0 Å². The number of ether oxygens (including phenoxy) is 1. The molecule has 0 saturated carbocycles. The van der Waals surface area contributed by atoms with Crippen LogP contribution in [0.15, 0.2) is 36.8 Å². The number of imidazole rings is 2. The van der Waals surface area contributed by atoms with Gasteiger partial charge in [-0.3, -0.25) is 0 Å². The van der Waals surface area contributed by atoms with Crippen molar-refractivity contribution >= 4 is 21.9 Å². The molecule has 0 spiro atoms. The van der Waals surface area contributed by atoms with Crippen LogP contribution in [0.5, 0.6) is 5.19 Å². The van der Waals surface area contributed by atoms with Crippen LogP contribution in [-0.2, 0) is 0 Å². The van der Waals surface area contributed by atoms with Crippen molar-refractivity contribution in [2.24, 2.45) is 0 Å². The third-order valence-electron chi connectivity index (χ3n) is 2.83. The fourth-order valence-electron chi connectivity index (χ4n) is 1.95. The van der Waals surface area contributed by atoms with Crippen molar-refractivity contribution in [1.82, 2.24) is 24.0 Å². The normalized spacial score (nSPS) is 11.4. The highest BCUT2D eigenvalue weighted by atomic mass is 32.1. The van der Waals surface area contributed by atoms with Gasteiger partial charge in [0.1, 0.15) is 17.0 Å². The van der Waals surface area contributed by atoms with Crippen molar-refractivity contribution in [2.75, 3.05) is 7.11 Å². The van der Waals surface area contributed by atoms with Crippen LogP contribution in [0.25, 0.3) is 22.0 Å². The molecule has 94 valence electrons. The van der Waals surface area contributed by atoms with Crippen LogP contribution < -0.4 is 4.74 Å². The fraction of sp³-hybridized carbons (Fsp3) is 0.0833. The van der Waals surface area contributed by atoms with E-state index in [1.807, 2.05) is 41.2 Å². The summed E-state index contributed by atoms with van der Waals surface area (Å²) in [5.41, 5.74) is 2.55. The molecule has 0 fully saturated rings. The van der Waals surface area contributed by atoms with Crippen molar-refractivity contribution in [3.63, 3.8) is 0 Å². The molecule has 0 bridgehead atoms. The minimum atomic E-state index is 0.601. The fourth-order valence-corrected chi connectivity index (χ4v) is 2.65. The van der Waals surface area contributed by atoms with Gasteiger partial charge in [-0.1, -0.05) is 6.07 Å². The maximum atomic E-state index is 5.08. The van der Waals surface area contributed by atoms with Crippen LogP contribution in [0.2, 0.25) is 0 Å². The topological polar surface area (TPSA) is 56.7 Å². The third-order valence-corrected chi connectivity index (χ3v) is 3.71. The lowest BCUT2D eigenvalue weighted by molar-refractivity contribution is 0.405. The van der Waals surface area contributed by atoms with Crippen molar-refractivity contribution in [1.29, 1.82) is 0 Å². The Bertz CT molecular complexity index is 810. The van der Waals surface area contributed by atoms with Gasteiger partial charge in [-0.15, -0.1) is 5.10 Å². The molecule has 0 N–H and O–H groups in total. The van der Waals surface area contributed by atoms with Gasteiger partial charge >= 0.3 is 0 Å². The summed E-state index contributed by atoms with van der Waals surface area (Å²) in [4.78, 5) is 9.84. The Morgan fingerprint density at radius 1 is 1.16 bits per heavy atom. The van der Waals surface area contributed by atoms with Gasteiger partial charge in [-0.2, -0.15) is 0 Å². The smallest absolute Gasteiger partial charge is 0.294 e. The molecular weight excluding hydrogens is 262 g/mol. The number of aromatic nitrogens is 5. The Kier molecular flexibility index (Phi) is 2.10. The standard InChI is InChI=1S/C12H9N5OS/c1-18-12-15-17-7-9(14-11(17)19-12)8-6-16-5-3-2-4-10(16)13-8/h2-7H,1H3. The van der Waals surface area contributed by atoms with Crippen LogP contribution in [0.3, 0.4) is 0 Å². The quantitative estimate of drug-likeness (QED) is 0.560. The van der Waals surface area contributed by atoms with Crippen molar-refractivity contribution in [3.8, 4) is 16.6 Å². The molecule has 7 heteroatoms. The van der Waals surface area contributed by atoms with E-state index in [-0.39, 0.29) is 0 Å². The summed E-state index contributed by atoms with van der Waals surface area (Å²) in [6, 6.07) is 5.89. The van der Waals surface area contributed by atoms with Crippen molar-refractivity contribution in [2.45, 2.75) is 0 Å². The highest BCUT2D eigenvalue weighted by molar-refractivity contribution is 7.18. The molecule has 0 aliphatic heterocycles. The second-order valence-corrected chi connectivity index (χ2v) is 4.94. The zero-order valence-corrected chi connectivity index (χ0v) is 10.8. The maximum Gasteiger partial charge on any atom is 0.294 e. The predicted octanol–water partition coefficient (Wildman–Crippen LogP) is 2.11. The second-order valence-electron chi connectivity index (χ2n) is 4.02. The van der Waals surface area contributed by atoms with Gasteiger partial charge < -0.3 is 9.14 Å². The first-order valence-corrected chi connectivity index (χ1v) is 6.49. The molecule has 0 amide bonds. The van der Waals surface area contributed by atoms with E-state index in [9.17, 15) is 0 Å². The summed E-state index contributed by atoms with van der Waals surface area (Å²) in [5, 5.41) is 4.85. The molecule has 0 atom stereocenters. The zero-order valence-electron chi connectivity index (χ0n) is 10.0. The van der Waals surface area contributed by atoms with Gasteiger partial charge in [0.25, 0.3) is 5.19 Å². The summed E-state index contributed by atoms with van der Waals surface area (Å²) in [7, 11) is 1.60. The summed E-state index contributed by atoms with van der Waals surface area (Å²) in [6.45, 7) is 0. The van der Waals surface area contributed by atoms with E-state index in [0.717, 1.165) is 22.0 Å². The maximum absolute atomic E-state index is 5.08. The Hall–Kier alpha value is -2.41. The molecule has 4 rings (SSSR count). The molecule has 0 unspecified atom stereocenters. The molecule has 4 aromatic heterocycles. The summed E-state index contributed by atoms with van der Waals surface area (Å²) in [6.07, 6.45) is 5.78. The molecule has 0 aliphatic carbocycles. The molecule has 4 heterocycles. The number of methoxy groups -OCH3 is 1. The van der Waals surface area contributed by atoms with Gasteiger partial charge in [0, 0.05) is 12.4 Å². The molecule has 6 nitrogen and oxygen atoms in total. The highest BCUT2D eigenvalue weighted by Crippen LogP contribution is 2.25. The number of rotatable bonds is 2. The first-order valence-electron chi connectivity index (χ1n) is 5.68. The number of hydrogen-bond donors (Lipinski definition) is 0. The van der Waals surface area contributed by atoms with E-state index in [1.54, 1.807) is 11.6 Å². The first-order chi connectivity index (χ1) is 9.33. The predicted molar refractivity (Wildman–Crippen MR) is 71.6 cm³/mol. The van der Waals surface area contributed by atoms with E-state index < -0.39 is 0 Å². The van der Waals surface area contributed by atoms with Gasteiger partial charge in [-0.05, 0) is 23.5 Å². The highest BCUT2D eigenvalue weighted by Gasteiger charge is 2.12. The Balaban J connectivity index is 1.86. The Morgan fingerprint density at radius 3 is 2.84 bits per heavy atom. The monoisotopic (exact) mass is 271 g/mol. The van der Waals surface area contributed by atoms with Gasteiger partial charge in [-0.25, -0.2) is 14.5 Å².